The van der Waals surface area contributed by atoms with Crippen molar-refractivity contribution in [3.05, 3.63) is 34.5 Å². The first-order valence-electron chi connectivity index (χ1n) is 8.44. The number of aliphatic hydroxyl groups is 1. The number of aliphatic hydroxyl groups excluding tert-OH is 1. The third-order valence-corrected chi connectivity index (χ3v) is 5.01. The van der Waals surface area contributed by atoms with Crippen LogP contribution in [0, 0.1) is 13.8 Å². The highest BCUT2D eigenvalue weighted by molar-refractivity contribution is 5.98. The Bertz CT molecular complexity index is 793. The van der Waals surface area contributed by atoms with Gasteiger partial charge in [-0.2, -0.15) is 0 Å². The van der Waals surface area contributed by atoms with Crippen molar-refractivity contribution in [1.82, 2.24) is 19.7 Å². The molecule has 1 fully saturated rings. The third kappa shape index (κ3) is 3.21. The maximum absolute atomic E-state index is 11.8. The molecule has 8 heteroatoms. The Kier molecular flexibility index (Phi) is 4.71. The van der Waals surface area contributed by atoms with E-state index in [9.17, 15) is 9.90 Å². The van der Waals surface area contributed by atoms with Gasteiger partial charge in [-0.05, 0) is 38.3 Å². The van der Waals surface area contributed by atoms with Crippen molar-refractivity contribution in [2.45, 2.75) is 39.2 Å². The number of aryl methyl sites for hydroxylation is 2. The zero-order valence-electron chi connectivity index (χ0n) is 14.9. The molecule has 1 aliphatic rings. The van der Waals surface area contributed by atoms with E-state index in [1.54, 1.807) is 0 Å². The Morgan fingerprint density at radius 2 is 2.00 bits per heavy atom. The Balaban J connectivity index is 1.79. The van der Waals surface area contributed by atoms with Crippen molar-refractivity contribution in [2.75, 3.05) is 18.0 Å². The summed E-state index contributed by atoms with van der Waals surface area (Å²) in [5.41, 5.74) is 7.89. The number of piperidine rings is 1. The number of carbonyl (C=O) groups is 1. The molecule has 2 aromatic heterocycles. The monoisotopic (exact) mass is 344 g/mol. The van der Waals surface area contributed by atoms with E-state index in [0.29, 0.717) is 17.2 Å². The van der Waals surface area contributed by atoms with Gasteiger partial charge in [0.2, 0.25) is 0 Å². The molecule has 134 valence electrons. The molecule has 0 saturated carbocycles. The SMILES string of the molecule is Cc1cc(C(N)=O)c(N2CCC(c3nnc(CO)n3C)CC2)nc1C. The van der Waals surface area contributed by atoms with Gasteiger partial charge in [0.05, 0.1) is 5.56 Å². The molecule has 0 radical (unpaired) electrons. The van der Waals surface area contributed by atoms with Crippen LogP contribution in [0.4, 0.5) is 5.82 Å². The lowest BCUT2D eigenvalue weighted by Crippen LogP contribution is -2.36. The molecule has 1 amide bonds. The van der Waals surface area contributed by atoms with Gasteiger partial charge in [-0.1, -0.05) is 0 Å². The fraction of sp³-hybridized carbons (Fsp3) is 0.529. The van der Waals surface area contributed by atoms with Crippen LogP contribution in [0.3, 0.4) is 0 Å². The topological polar surface area (TPSA) is 110 Å². The molecule has 0 aliphatic carbocycles. The Morgan fingerprint density at radius 1 is 1.32 bits per heavy atom. The number of aromatic nitrogens is 4. The predicted molar refractivity (Wildman–Crippen MR) is 93.3 cm³/mol. The van der Waals surface area contributed by atoms with Crippen LogP contribution in [-0.2, 0) is 13.7 Å². The van der Waals surface area contributed by atoms with E-state index in [1.807, 2.05) is 31.5 Å². The molecule has 0 spiro atoms. The molecule has 3 rings (SSSR count). The number of hydrogen-bond donors (Lipinski definition) is 2. The molecule has 3 N–H and O–H groups in total. The largest absolute Gasteiger partial charge is 0.388 e. The Morgan fingerprint density at radius 3 is 2.56 bits per heavy atom. The van der Waals surface area contributed by atoms with Gasteiger partial charge < -0.3 is 20.3 Å². The fourth-order valence-electron chi connectivity index (χ4n) is 3.33. The number of nitrogens with two attached hydrogens (primary N) is 1. The summed E-state index contributed by atoms with van der Waals surface area (Å²) in [5.74, 6) is 1.96. The van der Waals surface area contributed by atoms with E-state index in [2.05, 4.69) is 20.1 Å². The van der Waals surface area contributed by atoms with Gasteiger partial charge in [-0.25, -0.2) is 4.98 Å². The molecule has 3 heterocycles. The fourth-order valence-corrected chi connectivity index (χ4v) is 3.33. The van der Waals surface area contributed by atoms with E-state index < -0.39 is 5.91 Å². The van der Waals surface area contributed by atoms with Gasteiger partial charge in [0.1, 0.15) is 18.2 Å². The van der Waals surface area contributed by atoms with Crippen molar-refractivity contribution in [3.8, 4) is 0 Å². The minimum absolute atomic E-state index is 0.114. The summed E-state index contributed by atoms with van der Waals surface area (Å²) < 4.78 is 1.86. The molecule has 1 saturated heterocycles. The first-order valence-corrected chi connectivity index (χ1v) is 8.44. The summed E-state index contributed by atoms with van der Waals surface area (Å²) in [6, 6.07) is 1.82. The van der Waals surface area contributed by atoms with Gasteiger partial charge >= 0.3 is 0 Å². The number of rotatable bonds is 4. The summed E-state index contributed by atoms with van der Waals surface area (Å²) in [5, 5.41) is 17.5. The average Bonchev–Trinajstić information content (AvgIpc) is 2.97. The number of primary amides is 1. The molecule has 1 aliphatic heterocycles. The lowest BCUT2D eigenvalue weighted by molar-refractivity contribution is 0.1000. The number of hydrogen-bond acceptors (Lipinski definition) is 6. The molecule has 0 unspecified atom stereocenters. The summed E-state index contributed by atoms with van der Waals surface area (Å²) in [6.45, 7) is 5.28. The zero-order chi connectivity index (χ0) is 18.1. The Hall–Kier alpha value is -2.48. The maximum Gasteiger partial charge on any atom is 0.252 e. The molecule has 0 bridgehead atoms. The van der Waals surface area contributed by atoms with E-state index in [1.165, 1.54) is 0 Å². The van der Waals surface area contributed by atoms with E-state index in [-0.39, 0.29) is 12.5 Å². The van der Waals surface area contributed by atoms with Crippen LogP contribution in [0.15, 0.2) is 6.07 Å². The second-order valence-corrected chi connectivity index (χ2v) is 6.58. The highest BCUT2D eigenvalue weighted by Gasteiger charge is 2.27. The minimum atomic E-state index is -0.450. The molecular formula is C17H24N6O2. The van der Waals surface area contributed by atoms with Gasteiger partial charge in [0.25, 0.3) is 5.91 Å². The van der Waals surface area contributed by atoms with Gasteiger partial charge in [0, 0.05) is 31.7 Å². The van der Waals surface area contributed by atoms with Crippen molar-refractivity contribution >= 4 is 11.7 Å². The third-order valence-electron chi connectivity index (χ3n) is 5.01. The highest BCUT2D eigenvalue weighted by atomic mass is 16.3. The first-order chi connectivity index (χ1) is 11.9. The maximum atomic E-state index is 11.8. The second-order valence-electron chi connectivity index (χ2n) is 6.58. The minimum Gasteiger partial charge on any atom is -0.388 e. The normalized spacial score (nSPS) is 15.6. The van der Waals surface area contributed by atoms with E-state index in [0.717, 1.165) is 43.0 Å². The van der Waals surface area contributed by atoms with E-state index >= 15 is 0 Å². The molecule has 25 heavy (non-hydrogen) atoms. The summed E-state index contributed by atoms with van der Waals surface area (Å²) in [4.78, 5) is 18.5. The van der Waals surface area contributed by atoms with Gasteiger partial charge in [0.15, 0.2) is 5.82 Å². The first kappa shape index (κ1) is 17.3. The molecule has 0 aromatic carbocycles. The number of pyridine rings is 1. The van der Waals surface area contributed by atoms with Gasteiger partial charge in [-0.15, -0.1) is 10.2 Å². The number of carbonyl (C=O) groups excluding carboxylic acids is 1. The smallest absolute Gasteiger partial charge is 0.252 e. The van der Waals surface area contributed by atoms with Crippen LogP contribution in [0.25, 0.3) is 0 Å². The molecule has 8 nitrogen and oxygen atoms in total. The molecular weight excluding hydrogens is 320 g/mol. The van der Waals surface area contributed by atoms with E-state index in [4.69, 9.17) is 5.73 Å². The van der Waals surface area contributed by atoms with Gasteiger partial charge in [-0.3, -0.25) is 4.79 Å². The summed E-state index contributed by atoms with van der Waals surface area (Å²) in [6.07, 6.45) is 1.76. The highest BCUT2D eigenvalue weighted by Crippen LogP contribution is 2.31. The second kappa shape index (κ2) is 6.79. The predicted octanol–water partition coefficient (Wildman–Crippen LogP) is 0.802. The molecule has 0 atom stereocenters. The standard InChI is InChI=1S/C17H24N6O2/c1-10-8-13(15(18)25)17(19-11(10)2)23-6-4-12(5-7-23)16-21-20-14(9-24)22(16)3/h8,12,24H,4-7,9H2,1-3H3,(H2,18,25). The molecule has 2 aromatic rings. The summed E-state index contributed by atoms with van der Waals surface area (Å²) in [7, 11) is 1.88. The quantitative estimate of drug-likeness (QED) is 0.849. The van der Waals surface area contributed by atoms with Crippen LogP contribution in [0.2, 0.25) is 0 Å². The van der Waals surface area contributed by atoms with Crippen molar-refractivity contribution in [2.24, 2.45) is 12.8 Å². The number of anilines is 1. The van der Waals surface area contributed by atoms with Crippen LogP contribution in [0.1, 0.15) is 52.0 Å². The van der Waals surface area contributed by atoms with Crippen LogP contribution < -0.4 is 10.6 Å². The summed E-state index contributed by atoms with van der Waals surface area (Å²) >= 11 is 0. The lowest BCUT2D eigenvalue weighted by Gasteiger charge is -2.33. The number of amides is 1. The number of nitrogens with zero attached hydrogens (tertiary/aromatic N) is 5. The Labute approximate surface area is 146 Å². The average molecular weight is 344 g/mol. The van der Waals surface area contributed by atoms with Crippen LogP contribution >= 0.6 is 0 Å². The van der Waals surface area contributed by atoms with Crippen molar-refractivity contribution in [3.63, 3.8) is 0 Å². The zero-order valence-corrected chi connectivity index (χ0v) is 14.9. The van der Waals surface area contributed by atoms with Crippen LogP contribution in [-0.4, -0.2) is 43.9 Å². The lowest BCUT2D eigenvalue weighted by atomic mass is 9.95. The van der Waals surface area contributed by atoms with Crippen molar-refractivity contribution < 1.29 is 9.90 Å². The van der Waals surface area contributed by atoms with Crippen molar-refractivity contribution in [1.29, 1.82) is 0 Å². The van der Waals surface area contributed by atoms with Crippen LogP contribution in [0.5, 0.6) is 0 Å².